The van der Waals surface area contributed by atoms with Crippen molar-refractivity contribution >= 4 is 0 Å². The van der Waals surface area contributed by atoms with Crippen molar-refractivity contribution in [1.29, 1.82) is 10.5 Å². The van der Waals surface area contributed by atoms with E-state index in [4.69, 9.17) is 20.0 Å². The van der Waals surface area contributed by atoms with Crippen molar-refractivity contribution in [3.05, 3.63) is 59.7 Å². The number of nitriles is 2. The number of hydrogen-bond acceptors (Lipinski definition) is 4. The first kappa shape index (κ1) is 15.4. The van der Waals surface area contributed by atoms with E-state index in [9.17, 15) is 0 Å². The summed E-state index contributed by atoms with van der Waals surface area (Å²) in [7, 11) is 0. The smallest absolute Gasteiger partial charge is 0.292 e. The molecule has 4 nitrogen and oxygen atoms in total. The first-order chi connectivity index (χ1) is 10.8. The number of ether oxygens (including phenoxy) is 2. The lowest BCUT2D eigenvalue weighted by Gasteiger charge is -2.17. The van der Waals surface area contributed by atoms with E-state index < -0.39 is 0 Å². The van der Waals surface area contributed by atoms with Crippen LogP contribution in [0.15, 0.2) is 48.5 Å². The SMILES string of the molecule is CCCC(c1ccc(OC#N)cc1)c1ccc(OC#N)cc1. The maximum atomic E-state index is 8.52. The van der Waals surface area contributed by atoms with Gasteiger partial charge in [-0.2, -0.15) is 0 Å². The molecule has 0 aromatic heterocycles. The van der Waals surface area contributed by atoms with Crippen molar-refractivity contribution in [2.75, 3.05) is 0 Å². The molecule has 2 aromatic carbocycles. The quantitative estimate of drug-likeness (QED) is 0.743. The van der Waals surface area contributed by atoms with Gasteiger partial charge in [-0.25, -0.2) is 0 Å². The molecule has 0 bridgehead atoms. The van der Waals surface area contributed by atoms with E-state index in [-0.39, 0.29) is 5.92 Å². The Labute approximate surface area is 130 Å². The fourth-order valence-corrected chi connectivity index (χ4v) is 2.46. The van der Waals surface area contributed by atoms with Gasteiger partial charge in [0.1, 0.15) is 11.5 Å². The van der Waals surface area contributed by atoms with Crippen LogP contribution in [0.2, 0.25) is 0 Å². The molecule has 0 heterocycles. The van der Waals surface area contributed by atoms with Gasteiger partial charge in [-0.05, 0) is 41.8 Å². The topological polar surface area (TPSA) is 66.0 Å². The minimum atomic E-state index is 0.261. The van der Waals surface area contributed by atoms with Crippen molar-refractivity contribution in [2.45, 2.75) is 25.7 Å². The third-order valence-corrected chi connectivity index (χ3v) is 3.47. The standard InChI is InChI=1S/C18H16N2O2/c1-2-3-18(14-4-8-16(9-5-14)21-12-19)15-6-10-17(11-7-15)22-13-20/h4-11,18H,2-3H2,1H3. The van der Waals surface area contributed by atoms with Crippen molar-refractivity contribution < 1.29 is 9.47 Å². The zero-order valence-corrected chi connectivity index (χ0v) is 12.3. The van der Waals surface area contributed by atoms with E-state index in [1.165, 1.54) is 11.1 Å². The number of rotatable bonds is 6. The summed E-state index contributed by atoms with van der Waals surface area (Å²) < 4.78 is 9.61. The van der Waals surface area contributed by atoms with Gasteiger partial charge >= 0.3 is 0 Å². The lowest BCUT2D eigenvalue weighted by molar-refractivity contribution is 0.506. The fraction of sp³-hybridized carbons (Fsp3) is 0.222. The summed E-state index contributed by atoms with van der Waals surface area (Å²) in [5.41, 5.74) is 2.34. The van der Waals surface area contributed by atoms with Gasteiger partial charge in [0.25, 0.3) is 12.5 Å². The molecule has 110 valence electrons. The maximum Gasteiger partial charge on any atom is 0.292 e. The molecule has 0 atom stereocenters. The summed E-state index contributed by atoms with van der Waals surface area (Å²) in [5, 5.41) is 17.0. The first-order valence-electron chi connectivity index (χ1n) is 7.10. The molecule has 0 N–H and O–H groups in total. The molecular weight excluding hydrogens is 276 g/mol. The predicted octanol–water partition coefficient (Wildman–Crippen LogP) is 4.34. The second-order valence-electron chi connectivity index (χ2n) is 4.87. The van der Waals surface area contributed by atoms with Gasteiger partial charge in [-0.1, -0.05) is 37.6 Å². The summed E-state index contributed by atoms with van der Waals surface area (Å²) >= 11 is 0. The highest BCUT2D eigenvalue weighted by Crippen LogP contribution is 2.31. The first-order valence-corrected chi connectivity index (χ1v) is 7.10. The van der Waals surface area contributed by atoms with Crippen LogP contribution in [0.4, 0.5) is 0 Å². The second-order valence-corrected chi connectivity index (χ2v) is 4.87. The largest absolute Gasteiger partial charge is 0.388 e. The van der Waals surface area contributed by atoms with Crippen LogP contribution in [-0.2, 0) is 0 Å². The Kier molecular flexibility index (Phi) is 5.40. The van der Waals surface area contributed by atoms with Gasteiger partial charge in [0, 0.05) is 5.92 Å². The normalized spacial score (nSPS) is 9.82. The molecule has 4 heteroatoms. The van der Waals surface area contributed by atoms with E-state index >= 15 is 0 Å². The van der Waals surface area contributed by atoms with Crippen LogP contribution in [0.1, 0.15) is 36.8 Å². The Bertz CT molecular complexity index is 620. The van der Waals surface area contributed by atoms with Crippen LogP contribution >= 0.6 is 0 Å². The highest BCUT2D eigenvalue weighted by Gasteiger charge is 2.13. The van der Waals surface area contributed by atoms with Gasteiger partial charge in [-0.3, -0.25) is 0 Å². The Morgan fingerprint density at radius 1 is 0.818 bits per heavy atom. The van der Waals surface area contributed by atoms with Crippen LogP contribution < -0.4 is 9.47 Å². The summed E-state index contributed by atoms with van der Waals surface area (Å²) in [6, 6.07) is 15.1. The molecular formula is C18H16N2O2. The molecule has 0 spiro atoms. The van der Waals surface area contributed by atoms with Crippen molar-refractivity contribution in [3.63, 3.8) is 0 Å². The molecule has 2 rings (SSSR count). The average Bonchev–Trinajstić information content (AvgIpc) is 2.55. The molecule has 2 aromatic rings. The van der Waals surface area contributed by atoms with Crippen LogP contribution in [0.25, 0.3) is 0 Å². The van der Waals surface area contributed by atoms with Crippen molar-refractivity contribution in [2.24, 2.45) is 0 Å². The minimum Gasteiger partial charge on any atom is -0.388 e. The Morgan fingerprint density at radius 2 is 1.23 bits per heavy atom. The third kappa shape index (κ3) is 3.77. The van der Waals surface area contributed by atoms with Gasteiger partial charge in [0.05, 0.1) is 0 Å². The fourth-order valence-electron chi connectivity index (χ4n) is 2.46. The zero-order chi connectivity index (χ0) is 15.8. The van der Waals surface area contributed by atoms with Crippen LogP contribution in [0, 0.1) is 23.0 Å². The van der Waals surface area contributed by atoms with Gasteiger partial charge in [-0.15, -0.1) is 10.5 Å². The molecule has 0 aliphatic heterocycles. The van der Waals surface area contributed by atoms with E-state index in [2.05, 4.69) is 6.92 Å². The second kappa shape index (κ2) is 7.71. The van der Waals surface area contributed by atoms with Crippen LogP contribution in [-0.4, -0.2) is 0 Å². The molecule has 0 saturated carbocycles. The summed E-state index contributed by atoms with van der Waals surface area (Å²) in [4.78, 5) is 0. The molecule has 22 heavy (non-hydrogen) atoms. The minimum absolute atomic E-state index is 0.261. The van der Waals surface area contributed by atoms with E-state index in [0.717, 1.165) is 12.8 Å². The van der Waals surface area contributed by atoms with Crippen LogP contribution in [0.5, 0.6) is 11.5 Å². The molecule has 0 radical (unpaired) electrons. The highest BCUT2D eigenvalue weighted by atomic mass is 16.5. The van der Waals surface area contributed by atoms with Crippen molar-refractivity contribution in [3.8, 4) is 24.0 Å². The molecule has 0 aliphatic carbocycles. The predicted molar refractivity (Wildman–Crippen MR) is 82.1 cm³/mol. The monoisotopic (exact) mass is 292 g/mol. The van der Waals surface area contributed by atoms with E-state index in [1.807, 2.05) is 24.3 Å². The molecule has 0 aliphatic rings. The Hall–Kier alpha value is -2.98. The van der Waals surface area contributed by atoms with Gasteiger partial charge < -0.3 is 9.47 Å². The summed E-state index contributed by atoms with van der Waals surface area (Å²) in [5.74, 6) is 1.34. The van der Waals surface area contributed by atoms with Gasteiger partial charge in [0.15, 0.2) is 0 Å². The van der Waals surface area contributed by atoms with Gasteiger partial charge in [0.2, 0.25) is 0 Å². The lowest BCUT2D eigenvalue weighted by Crippen LogP contribution is -2.01. The highest BCUT2D eigenvalue weighted by molar-refractivity contribution is 5.38. The van der Waals surface area contributed by atoms with E-state index in [0.29, 0.717) is 11.5 Å². The number of nitrogens with zero attached hydrogens (tertiary/aromatic N) is 2. The summed E-state index contributed by atoms with van der Waals surface area (Å²) in [6.07, 6.45) is 5.40. The Balaban J connectivity index is 2.25. The third-order valence-electron chi connectivity index (χ3n) is 3.47. The maximum absolute atomic E-state index is 8.52. The zero-order valence-electron chi connectivity index (χ0n) is 12.3. The molecule has 0 unspecified atom stereocenters. The number of benzene rings is 2. The van der Waals surface area contributed by atoms with Crippen LogP contribution in [0.3, 0.4) is 0 Å². The summed E-state index contributed by atoms with van der Waals surface area (Å²) in [6.45, 7) is 2.15. The molecule has 0 amide bonds. The Morgan fingerprint density at radius 3 is 1.55 bits per heavy atom. The number of hydrogen-bond donors (Lipinski definition) is 0. The average molecular weight is 292 g/mol. The van der Waals surface area contributed by atoms with E-state index in [1.54, 1.807) is 36.8 Å². The molecule has 0 fully saturated rings. The van der Waals surface area contributed by atoms with Crippen molar-refractivity contribution in [1.82, 2.24) is 0 Å². The molecule has 0 saturated heterocycles. The lowest BCUT2D eigenvalue weighted by atomic mass is 9.87.